The summed E-state index contributed by atoms with van der Waals surface area (Å²) in [6.45, 7) is 5.06. The van der Waals surface area contributed by atoms with Crippen LogP contribution in [0.25, 0.3) is 0 Å². The number of rotatable bonds is 4. The molecule has 1 aliphatic rings. The molecule has 1 N–H and O–H groups in total. The Morgan fingerprint density at radius 3 is 2.54 bits per heavy atom. The first kappa shape index (κ1) is 17.2. The van der Waals surface area contributed by atoms with E-state index in [0.29, 0.717) is 0 Å². The molecule has 0 bridgehead atoms. The van der Waals surface area contributed by atoms with Gasteiger partial charge in [0.25, 0.3) is 0 Å². The van der Waals surface area contributed by atoms with Crippen molar-refractivity contribution in [2.75, 3.05) is 18.4 Å². The van der Waals surface area contributed by atoms with Crippen LogP contribution in [0, 0.1) is 12.8 Å². The molecule has 1 aliphatic heterocycles. The van der Waals surface area contributed by atoms with Gasteiger partial charge in [-0.1, -0.05) is 45.8 Å². The number of halogens is 1. The second kappa shape index (κ2) is 7.95. The molecule has 2 aromatic carbocycles. The number of piperidine rings is 1. The molecule has 1 saturated heterocycles. The average molecular weight is 387 g/mol. The summed E-state index contributed by atoms with van der Waals surface area (Å²) in [4.78, 5) is 14.9. The van der Waals surface area contributed by atoms with Gasteiger partial charge in [-0.05, 0) is 62.7 Å². The molecule has 24 heavy (non-hydrogen) atoms. The van der Waals surface area contributed by atoms with Gasteiger partial charge in [-0.15, -0.1) is 0 Å². The number of likely N-dealkylation sites (tertiary alicyclic amines) is 1. The fraction of sp³-hybridized carbons (Fsp3) is 0.350. The van der Waals surface area contributed by atoms with E-state index in [4.69, 9.17) is 0 Å². The van der Waals surface area contributed by atoms with Crippen LogP contribution in [0.3, 0.4) is 0 Å². The lowest BCUT2D eigenvalue weighted by atomic mass is 9.95. The van der Waals surface area contributed by atoms with Gasteiger partial charge in [-0.25, -0.2) is 0 Å². The molecule has 126 valence electrons. The van der Waals surface area contributed by atoms with Gasteiger partial charge in [0.1, 0.15) is 0 Å². The molecule has 0 aliphatic carbocycles. The zero-order valence-electron chi connectivity index (χ0n) is 14.0. The third-order valence-corrected chi connectivity index (χ3v) is 5.09. The van der Waals surface area contributed by atoms with Crippen molar-refractivity contribution in [2.24, 2.45) is 5.92 Å². The van der Waals surface area contributed by atoms with Crippen LogP contribution < -0.4 is 5.32 Å². The molecular formula is C20H23BrN2O. The molecule has 3 nitrogen and oxygen atoms in total. The van der Waals surface area contributed by atoms with Gasteiger partial charge in [0.05, 0.1) is 0 Å². The lowest BCUT2D eigenvalue weighted by molar-refractivity contribution is -0.121. The van der Waals surface area contributed by atoms with Crippen LogP contribution in [0.1, 0.15) is 24.0 Å². The Morgan fingerprint density at radius 2 is 1.88 bits per heavy atom. The van der Waals surface area contributed by atoms with Crippen LogP contribution in [0.4, 0.5) is 5.69 Å². The zero-order valence-corrected chi connectivity index (χ0v) is 15.6. The van der Waals surface area contributed by atoms with Crippen molar-refractivity contribution in [3.8, 4) is 0 Å². The maximum absolute atomic E-state index is 12.4. The summed E-state index contributed by atoms with van der Waals surface area (Å²) in [5.74, 6) is 0.259. The van der Waals surface area contributed by atoms with Crippen LogP contribution >= 0.6 is 15.9 Å². The highest BCUT2D eigenvalue weighted by atomic mass is 79.9. The van der Waals surface area contributed by atoms with Gasteiger partial charge in [0, 0.05) is 22.6 Å². The molecule has 1 fully saturated rings. The number of anilines is 1. The highest BCUT2D eigenvalue weighted by Crippen LogP contribution is 2.22. The summed E-state index contributed by atoms with van der Waals surface area (Å²) in [6.07, 6.45) is 1.85. The first-order chi connectivity index (χ1) is 11.6. The molecule has 2 aromatic rings. The van der Waals surface area contributed by atoms with Gasteiger partial charge in [0.15, 0.2) is 0 Å². The van der Waals surface area contributed by atoms with Crippen molar-refractivity contribution in [3.63, 3.8) is 0 Å². The predicted octanol–water partition coefficient (Wildman–Crippen LogP) is 4.61. The number of amides is 1. The molecule has 0 spiro atoms. The molecule has 3 rings (SSSR count). The van der Waals surface area contributed by atoms with Crippen LogP contribution in [0.15, 0.2) is 53.0 Å². The van der Waals surface area contributed by atoms with E-state index in [1.807, 2.05) is 24.3 Å². The van der Waals surface area contributed by atoms with E-state index < -0.39 is 0 Å². The minimum atomic E-state index is 0.113. The van der Waals surface area contributed by atoms with E-state index in [1.54, 1.807) is 0 Å². The first-order valence-electron chi connectivity index (χ1n) is 8.44. The Kier molecular flexibility index (Phi) is 5.69. The number of hydrogen-bond acceptors (Lipinski definition) is 2. The Bertz CT molecular complexity index is 691. The van der Waals surface area contributed by atoms with E-state index in [-0.39, 0.29) is 11.8 Å². The maximum Gasteiger partial charge on any atom is 0.227 e. The van der Waals surface area contributed by atoms with Gasteiger partial charge < -0.3 is 5.32 Å². The third kappa shape index (κ3) is 4.68. The minimum absolute atomic E-state index is 0.113. The average Bonchev–Trinajstić information content (AvgIpc) is 2.57. The highest BCUT2D eigenvalue weighted by Gasteiger charge is 2.25. The van der Waals surface area contributed by atoms with Gasteiger partial charge in [-0.2, -0.15) is 0 Å². The van der Waals surface area contributed by atoms with Crippen molar-refractivity contribution < 1.29 is 4.79 Å². The zero-order chi connectivity index (χ0) is 16.9. The molecular weight excluding hydrogens is 364 g/mol. The normalized spacial score (nSPS) is 16.1. The molecule has 4 heteroatoms. The molecule has 0 atom stereocenters. The van der Waals surface area contributed by atoms with E-state index in [9.17, 15) is 4.79 Å². The van der Waals surface area contributed by atoms with Crippen molar-refractivity contribution in [1.29, 1.82) is 0 Å². The quantitative estimate of drug-likeness (QED) is 0.831. The summed E-state index contributed by atoms with van der Waals surface area (Å²) in [5.41, 5.74) is 3.52. The van der Waals surface area contributed by atoms with E-state index in [2.05, 4.69) is 57.3 Å². The van der Waals surface area contributed by atoms with Gasteiger partial charge >= 0.3 is 0 Å². The minimum Gasteiger partial charge on any atom is -0.326 e. The van der Waals surface area contributed by atoms with Crippen molar-refractivity contribution in [3.05, 3.63) is 64.1 Å². The molecule has 1 heterocycles. The number of carbonyl (C=O) groups is 1. The topological polar surface area (TPSA) is 32.3 Å². The summed E-state index contributed by atoms with van der Waals surface area (Å²) < 4.78 is 1.02. The molecule has 0 radical (unpaired) electrons. The Hall–Kier alpha value is -1.65. The smallest absolute Gasteiger partial charge is 0.227 e. The molecule has 0 unspecified atom stereocenters. The second-order valence-electron chi connectivity index (χ2n) is 6.54. The first-order valence-corrected chi connectivity index (χ1v) is 9.24. The standard InChI is InChI=1S/C20H23BrN2O/c1-15-3-2-4-16(13-15)14-23-11-9-17(10-12-23)20(24)22-19-7-5-18(21)6-8-19/h2-8,13,17H,9-12,14H2,1H3,(H,22,24). The number of nitrogens with one attached hydrogen (secondary N) is 1. The van der Waals surface area contributed by atoms with Crippen LogP contribution in [-0.4, -0.2) is 23.9 Å². The summed E-state index contributed by atoms with van der Waals surface area (Å²) in [5, 5.41) is 3.03. The highest BCUT2D eigenvalue weighted by molar-refractivity contribution is 9.10. The Morgan fingerprint density at radius 1 is 1.17 bits per heavy atom. The van der Waals surface area contributed by atoms with Crippen molar-refractivity contribution in [1.82, 2.24) is 4.90 Å². The summed E-state index contributed by atoms with van der Waals surface area (Å²) in [6, 6.07) is 16.4. The summed E-state index contributed by atoms with van der Waals surface area (Å²) in [7, 11) is 0. The largest absolute Gasteiger partial charge is 0.326 e. The number of carbonyl (C=O) groups excluding carboxylic acids is 1. The number of benzene rings is 2. The van der Waals surface area contributed by atoms with Crippen LogP contribution in [-0.2, 0) is 11.3 Å². The van der Waals surface area contributed by atoms with Crippen LogP contribution in [0.5, 0.6) is 0 Å². The van der Waals surface area contributed by atoms with Gasteiger partial charge in [0.2, 0.25) is 5.91 Å². The SMILES string of the molecule is Cc1cccc(CN2CCC(C(=O)Nc3ccc(Br)cc3)CC2)c1. The lowest BCUT2D eigenvalue weighted by Crippen LogP contribution is -2.37. The van der Waals surface area contributed by atoms with Crippen molar-refractivity contribution in [2.45, 2.75) is 26.3 Å². The Balaban J connectivity index is 1.49. The van der Waals surface area contributed by atoms with E-state index >= 15 is 0 Å². The molecule has 1 amide bonds. The predicted molar refractivity (Wildman–Crippen MR) is 102 cm³/mol. The Labute approximate surface area is 152 Å². The second-order valence-corrected chi connectivity index (χ2v) is 7.45. The number of nitrogens with zero attached hydrogens (tertiary/aromatic N) is 1. The van der Waals surface area contributed by atoms with Gasteiger partial charge in [-0.3, -0.25) is 9.69 Å². The summed E-state index contributed by atoms with van der Waals surface area (Å²) >= 11 is 3.41. The monoisotopic (exact) mass is 386 g/mol. The molecule has 0 saturated carbocycles. The van der Waals surface area contributed by atoms with Crippen LogP contribution in [0.2, 0.25) is 0 Å². The lowest BCUT2D eigenvalue weighted by Gasteiger charge is -2.31. The van der Waals surface area contributed by atoms with E-state index in [0.717, 1.165) is 42.6 Å². The third-order valence-electron chi connectivity index (χ3n) is 4.56. The fourth-order valence-corrected chi connectivity index (χ4v) is 3.46. The fourth-order valence-electron chi connectivity index (χ4n) is 3.20. The van der Waals surface area contributed by atoms with Crippen molar-refractivity contribution >= 4 is 27.5 Å². The maximum atomic E-state index is 12.4. The van der Waals surface area contributed by atoms with E-state index in [1.165, 1.54) is 11.1 Å². The molecule has 0 aromatic heterocycles. The number of hydrogen-bond donors (Lipinski definition) is 1. The number of aryl methyl sites for hydroxylation is 1.